The van der Waals surface area contributed by atoms with Crippen molar-refractivity contribution in [1.82, 2.24) is 19.8 Å². The summed E-state index contributed by atoms with van der Waals surface area (Å²) >= 11 is 0. The second kappa shape index (κ2) is 9.49. The highest BCUT2D eigenvalue weighted by molar-refractivity contribution is 5.96. The molecule has 1 aromatic heterocycles. The Morgan fingerprint density at radius 1 is 1.13 bits per heavy atom. The molecule has 1 aliphatic heterocycles. The molecule has 1 fully saturated rings. The minimum Gasteiger partial charge on any atom is -0.325 e. The van der Waals surface area contributed by atoms with Gasteiger partial charge in [0.1, 0.15) is 0 Å². The largest absolute Gasteiger partial charge is 0.325 e. The third-order valence-electron chi connectivity index (χ3n) is 6.22. The van der Waals surface area contributed by atoms with Crippen LogP contribution in [-0.2, 0) is 11.3 Å². The summed E-state index contributed by atoms with van der Waals surface area (Å²) in [5.41, 5.74) is 3.21. The summed E-state index contributed by atoms with van der Waals surface area (Å²) in [5.74, 6) is 0.643. The van der Waals surface area contributed by atoms with Crippen molar-refractivity contribution in [3.05, 3.63) is 64.6 Å². The maximum Gasteiger partial charge on any atom is 0.323 e. The molecular weight excluding hydrogens is 390 g/mol. The predicted molar refractivity (Wildman–Crippen MR) is 124 cm³/mol. The van der Waals surface area contributed by atoms with Gasteiger partial charge in [-0.2, -0.15) is 0 Å². The number of amides is 1. The van der Waals surface area contributed by atoms with Crippen LogP contribution in [0, 0.1) is 5.92 Å². The SMILES string of the molecule is C[C@@H](C(=O)Nc1ccc2[nH]c(=O)[nH]c2c1)N1CCC(CN(C)Cc2ccccc2)CC1. The zero-order valence-electron chi connectivity index (χ0n) is 18.2. The van der Waals surface area contributed by atoms with Gasteiger partial charge in [0, 0.05) is 18.8 Å². The number of aromatic nitrogens is 2. The fourth-order valence-corrected chi connectivity index (χ4v) is 4.45. The molecule has 164 valence electrons. The van der Waals surface area contributed by atoms with E-state index in [-0.39, 0.29) is 17.6 Å². The van der Waals surface area contributed by atoms with Crippen LogP contribution in [0.4, 0.5) is 5.69 Å². The molecule has 1 aliphatic rings. The Bertz CT molecular complexity index is 1070. The minimum absolute atomic E-state index is 0.0168. The highest BCUT2D eigenvalue weighted by Crippen LogP contribution is 2.21. The number of rotatable bonds is 7. The summed E-state index contributed by atoms with van der Waals surface area (Å²) in [6.45, 7) is 5.88. The molecular formula is C24H31N5O2. The van der Waals surface area contributed by atoms with E-state index in [9.17, 15) is 9.59 Å². The number of nitrogens with zero attached hydrogens (tertiary/aromatic N) is 2. The lowest BCUT2D eigenvalue weighted by Gasteiger charge is -2.36. The van der Waals surface area contributed by atoms with Crippen molar-refractivity contribution in [3.63, 3.8) is 0 Å². The first-order valence-electron chi connectivity index (χ1n) is 11.0. The monoisotopic (exact) mass is 421 g/mol. The molecule has 1 amide bonds. The Balaban J connectivity index is 1.25. The van der Waals surface area contributed by atoms with Crippen molar-refractivity contribution >= 4 is 22.6 Å². The van der Waals surface area contributed by atoms with Crippen LogP contribution in [0.1, 0.15) is 25.3 Å². The molecule has 7 heteroatoms. The van der Waals surface area contributed by atoms with E-state index in [4.69, 9.17) is 0 Å². The number of nitrogens with one attached hydrogen (secondary N) is 3. The zero-order valence-corrected chi connectivity index (χ0v) is 18.2. The Morgan fingerprint density at radius 3 is 2.58 bits per heavy atom. The summed E-state index contributed by atoms with van der Waals surface area (Å²) in [4.78, 5) is 34.3. The van der Waals surface area contributed by atoms with E-state index < -0.39 is 0 Å². The zero-order chi connectivity index (χ0) is 21.8. The lowest BCUT2D eigenvalue weighted by atomic mass is 9.95. The molecule has 0 saturated carbocycles. The summed E-state index contributed by atoms with van der Waals surface area (Å²) in [6.07, 6.45) is 2.21. The first kappa shape index (κ1) is 21.3. The van der Waals surface area contributed by atoms with Crippen molar-refractivity contribution in [1.29, 1.82) is 0 Å². The molecule has 0 spiro atoms. The van der Waals surface area contributed by atoms with Gasteiger partial charge in [0.2, 0.25) is 5.91 Å². The van der Waals surface area contributed by atoms with Crippen molar-refractivity contribution < 1.29 is 4.79 Å². The lowest BCUT2D eigenvalue weighted by Crippen LogP contribution is -2.47. The number of carbonyl (C=O) groups excluding carboxylic acids is 1. The highest BCUT2D eigenvalue weighted by atomic mass is 16.2. The van der Waals surface area contributed by atoms with Crippen molar-refractivity contribution in [2.75, 3.05) is 32.0 Å². The molecule has 3 N–H and O–H groups in total. The van der Waals surface area contributed by atoms with Crippen LogP contribution in [0.5, 0.6) is 0 Å². The van der Waals surface area contributed by atoms with Gasteiger partial charge in [0.15, 0.2) is 0 Å². The van der Waals surface area contributed by atoms with E-state index in [0.29, 0.717) is 17.1 Å². The lowest BCUT2D eigenvalue weighted by molar-refractivity contribution is -0.121. The van der Waals surface area contributed by atoms with Crippen molar-refractivity contribution in [2.45, 2.75) is 32.4 Å². The number of likely N-dealkylation sites (tertiary alicyclic amines) is 1. The van der Waals surface area contributed by atoms with Crippen molar-refractivity contribution in [3.8, 4) is 0 Å². The molecule has 0 aliphatic carbocycles. The Kier molecular flexibility index (Phi) is 6.53. The van der Waals surface area contributed by atoms with E-state index in [1.807, 2.05) is 13.0 Å². The fourth-order valence-electron chi connectivity index (χ4n) is 4.45. The Hall–Kier alpha value is -2.90. The van der Waals surface area contributed by atoms with Gasteiger partial charge in [-0.15, -0.1) is 0 Å². The number of benzene rings is 2. The van der Waals surface area contributed by atoms with Crippen LogP contribution < -0.4 is 11.0 Å². The van der Waals surface area contributed by atoms with Gasteiger partial charge in [-0.05, 0) is 69.6 Å². The molecule has 3 aromatic rings. The summed E-state index contributed by atoms with van der Waals surface area (Å²) < 4.78 is 0. The van der Waals surface area contributed by atoms with Gasteiger partial charge in [-0.1, -0.05) is 30.3 Å². The van der Waals surface area contributed by atoms with Gasteiger partial charge in [-0.3, -0.25) is 9.69 Å². The molecule has 0 radical (unpaired) electrons. The van der Waals surface area contributed by atoms with Crippen LogP contribution in [-0.4, -0.2) is 58.4 Å². The first-order chi connectivity index (χ1) is 15.0. The average molecular weight is 422 g/mol. The molecule has 0 unspecified atom stereocenters. The predicted octanol–water partition coefficient (Wildman–Crippen LogP) is 3.03. The topological polar surface area (TPSA) is 84.2 Å². The second-order valence-corrected chi connectivity index (χ2v) is 8.67. The standard InChI is InChI=1S/C24H31N5O2/c1-17(23(30)25-20-8-9-21-22(14-20)27-24(31)26-21)29-12-10-19(11-13-29)16-28(2)15-18-6-4-3-5-7-18/h3-9,14,17,19H,10-13,15-16H2,1-2H3,(H,25,30)(H2,26,27,31)/t17-/m0/s1. The maximum absolute atomic E-state index is 12.8. The van der Waals surface area contributed by atoms with E-state index in [2.05, 4.69) is 62.5 Å². The van der Waals surface area contributed by atoms with Crippen LogP contribution in [0.2, 0.25) is 0 Å². The smallest absolute Gasteiger partial charge is 0.323 e. The molecule has 2 heterocycles. The van der Waals surface area contributed by atoms with E-state index in [1.54, 1.807) is 12.1 Å². The molecule has 4 rings (SSSR count). The summed E-state index contributed by atoms with van der Waals surface area (Å²) in [5, 5.41) is 2.99. The van der Waals surface area contributed by atoms with Crippen LogP contribution in [0.15, 0.2) is 53.3 Å². The quantitative estimate of drug-likeness (QED) is 0.548. The van der Waals surface area contributed by atoms with Gasteiger partial charge in [0.05, 0.1) is 17.1 Å². The number of hydrogen-bond donors (Lipinski definition) is 3. The van der Waals surface area contributed by atoms with Gasteiger partial charge < -0.3 is 20.2 Å². The second-order valence-electron chi connectivity index (χ2n) is 8.67. The number of piperidine rings is 1. The third kappa shape index (κ3) is 5.42. The summed E-state index contributed by atoms with van der Waals surface area (Å²) in [7, 11) is 2.18. The first-order valence-corrected chi connectivity index (χ1v) is 11.0. The van der Waals surface area contributed by atoms with Crippen LogP contribution in [0.3, 0.4) is 0 Å². The molecule has 2 aromatic carbocycles. The number of anilines is 1. The Morgan fingerprint density at radius 2 is 1.84 bits per heavy atom. The number of imidazole rings is 1. The van der Waals surface area contributed by atoms with Crippen molar-refractivity contribution in [2.24, 2.45) is 5.92 Å². The third-order valence-corrected chi connectivity index (χ3v) is 6.22. The molecule has 0 bridgehead atoms. The number of fused-ring (bicyclic) bond motifs is 1. The van der Waals surface area contributed by atoms with Gasteiger partial charge in [-0.25, -0.2) is 4.79 Å². The molecule has 1 atom stereocenters. The molecule has 7 nitrogen and oxygen atoms in total. The average Bonchev–Trinajstić information content (AvgIpc) is 3.13. The van der Waals surface area contributed by atoms with E-state index in [0.717, 1.165) is 44.5 Å². The van der Waals surface area contributed by atoms with Crippen LogP contribution >= 0.6 is 0 Å². The minimum atomic E-state index is -0.246. The van der Waals surface area contributed by atoms with E-state index in [1.165, 1.54) is 5.56 Å². The molecule has 31 heavy (non-hydrogen) atoms. The van der Waals surface area contributed by atoms with E-state index >= 15 is 0 Å². The molecule has 1 saturated heterocycles. The number of carbonyl (C=O) groups is 1. The summed E-state index contributed by atoms with van der Waals surface area (Å²) in [6, 6.07) is 15.8. The number of H-pyrrole nitrogens is 2. The van der Waals surface area contributed by atoms with Gasteiger partial charge >= 0.3 is 5.69 Å². The maximum atomic E-state index is 12.8. The normalized spacial score (nSPS) is 16.6. The Labute approximate surface area is 182 Å². The highest BCUT2D eigenvalue weighted by Gasteiger charge is 2.27. The van der Waals surface area contributed by atoms with Crippen LogP contribution in [0.25, 0.3) is 11.0 Å². The van der Waals surface area contributed by atoms with Gasteiger partial charge in [0.25, 0.3) is 0 Å². The number of hydrogen-bond acceptors (Lipinski definition) is 4. The number of aromatic amines is 2. The fraction of sp³-hybridized carbons (Fsp3) is 0.417.